The maximum atomic E-state index is 12.9. The van der Waals surface area contributed by atoms with Crippen LogP contribution in [0.25, 0.3) is 21.3 Å². The summed E-state index contributed by atoms with van der Waals surface area (Å²) in [5.41, 5.74) is 5.85. The largest absolute Gasteiger partial charge is 0.494 e. The molecular weight excluding hydrogens is 490 g/mol. The van der Waals surface area contributed by atoms with Gasteiger partial charge in [0.1, 0.15) is 11.3 Å². The number of nitrogens with zero attached hydrogens (tertiary/aromatic N) is 1. The van der Waals surface area contributed by atoms with Gasteiger partial charge in [0.15, 0.2) is 5.13 Å². The number of carbonyl (C=O) groups is 1. The van der Waals surface area contributed by atoms with Gasteiger partial charge in [0.25, 0.3) is 5.91 Å². The third-order valence-corrected chi connectivity index (χ3v) is 6.75. The molecule has 5 rings (SSSR count). The van der Waals surface area contributed by atoms with E-state index in [1.807, 2.05) is 72.8 Å². The van der Waals surface area contributed by atoms with Crippen molar-refractivity contribution >= 4 is 45.0 Å². The summed E-state index contributed by atoms with van der Waals surface area (Å²) in [6.07, 6.45) is 0. The number of hydrogen-bond donors (Lipinski definition) is 2. The summed E-state index contributed by atoms with van der Waals surface area (Å²) in [7, 11) is 1.63. The van der Waals surface area contributed by atoms with Crippen molar-refractivity contribution in [3.05, 3.63) is 114 Å². The first-order valence-corrected chi connectivity index (χ1v) is 12.2. The molecule has 0 radical (unpaired) electrons. The zero-order chi connectivity index (χ0) is 24.0. The summed E-state index contributed by atoms with van der Waals surface area (Å²) in [5.74, 6) is 0.497. The predicted molar refractivity (Wildman–Crippen MR) is 150 cm³/mol. The van der Waals surface area contributed by atoms with Crippen LogP contribution in [0.5, 0.6) is 5.75 Å². The molecule has 0 saturated carbocycles. The van der Waals surface area contributed by atoms with Crippen molar-refractivity contribution in [1.29, 1.82) is 0 Å². The molecule has 0 unspecified atom stereocenters. The second kappa shape index (κ2) is 11.8. The first-order chi connectivity index (χ1) is 17.2. The Morgan fingerprint density at radius 1 is 0.833 bits per heavy atom. The number of benzene rings is 4. The number of aromatic nitrogens is 1. The second-order valence-electron chi connectivity index (χ2n) is 8.12. The van der Waals surface area contributed by atoms with Crippen LogP contribution < -0.4 is 15.4 Å². The van der Waals surface area contributed by atoms with Gasteiger partial charge in [-0.25, -0.2) is 4.98 Å². The molecule has 1 aromatic heterocycles. The lowest BCUT2D eigenvalue weighted by Gasteiger charge is -2.06. The van der Waals surface area contributed by atoms with E-state index in [-0.39, 0.29) is 18.3 Å². The average molecular weight is 516 g/mol. The van der Waals surface area contributed by atoms with Crippen LogP contribution in [0.3, 0.4) is 0 Å². The molecule has 0 saturated heterocycles. The fourth-order valence-corrected chi connectivity index (χ4v) is 4.95. The normalized spacial score (nSPS) is 10.6. The van der Waals surface area contributed by atoms with Crippen LogP contribution in [0.1, 0.15) is 21.5 Å². The molecule has 0 aliphatic heterocycles. The molecule has 0 aliphatic rings. The van der Waals surface area contributed by atoms with Crippen LogP contribution >= 0.6 is 23.7 Å². The SMILES string of the molecule is COc1ccc(-c2ccccc2)c2sc(NC(=O)c3ccc(CNCc4ccccc4)cc3)nc12.Cl. The van der Waals surface area contributed by atoms with Crippen molar-refractivity contribution in [3.63, 3.8) is 0 Å². The topological polar surface area (TPSA) is 63.2 Å². The number of thiazole rings is 1. The lowest BCUT2D eigenvalue weighted by Crippen LogP contribution is -2.14. The molecule has 0 fully saturated rings. The Balaban J connectivity index is 0.00000304. The van der Waals surface area contributed by atoms with Gasteiger partial charge in [-0.05, 0) is 41.0 Å². The van der Waals surface area contributed by atoms with E-state index >= 15 is 0 Å². The molecule has 1 heterocycles. The minimum Gasteiger partial charge on any atom is -0.494 e. The summed E-state index contributed by atoms with van der Waals surface area (Å²) in [4.78, 5) is 17.6. The van der Waals surface area contributed by atoms with Gasteiger partial charge < -0.3 is 10.1 Å². The van der Waals surface area contributed by atoms with E-state index in [1.165, 1.54) is 16.9 Å². The Labute approximate surface area is 220 Å². The molecule has 2 N–H and O–H groups in total. The summed E-state index contributed by atoms with van der Waals surface area (Å²) >= 11 is 1.45. The second-order valence-corrected chi connectivity index (χ2v) is 9.12. The summed E-state index contributed by atoms with van der Waals surface area (Å²) in [5, 5.41) is 6.93. The molecule has 5 nitrogen and oxygen atoms in total. The van der Waals surface area contributed by atoms with Crippen LogP contribution in [0, 0.1) is 0 Å². The van der Waals surface area contributed by atoms with Gasteiger partial charge in [-0.15, -0.1) is 12.4 Å². The smallest absolute Gasteiger partial charge is 0.257 e. The highest BCUT2D eigenvalue weighted by Crippen LogP contribution is 2.39. The number of amides is 1. The molecule has 182 valence electrons. The lowest BCUT2D eigenvalue weighted by molar-refractivity contribution is 0.102. The Hall–Kier alpha value is -3.71. The van der Waals surface area contributed by atoms with Gasteiger partial charge in [-0.2, -0.15) is 0 Å². The minimum absolute atomic E-state index is 0. The van der Waals surface area contributed by atoms with Gasteiger partial charge in [0, 0.05) is 24.2 Å². The van der Waals surface area contributed by atoms with Crippen molar-refractivity contribution < 1.29 is 9.53 Å². The first kappa shape index (κ1) is 25.4. The standard InChI is InChI=1S/C29H25N3O2S.ClH/c1-34-25-17-16-24(22-10-6-3-7-11-22)27-26(25)31-29(35-27)32-28(33)23-14-12-21(13-15-23)19-30-18-20-8-4-2-5-9-20;/h2-17,30H,18-19H2,1H3,(H,31,32,33);1H. The van der Waals surface area contributed by atoms with Crippen molar-refractivity contribution in [2.75, 3.05) is 12.4 Å². The van der Waals surface area contributed by atoms with Crippen molar-refractivity contribution in [3.8, 4) is 16.9 Å². The molecule has 1 amide bonds. The highest BCUT2D eigenvalue weighted by molar-refractivity contribution is 7.23. The van der Waals surface area contributed by atoms with E-state index in [0.717, 1.165) is 40.0 Å². The Morgan fingerprint density at radius 2 is 1.47 bits per heavy atom. The van der Waals surface area contributed by atoms with Gasteiger partial charge in [0.2, 0.25) is 0 Å². The number of methoxy groups -OCH3 is 1. The van der Waals surface area contributed by atoms with E-state index in [1.54, 1.807) is 7.11 Å². The third kappa shape index (κ3) is 5.74. The van der Waals surface area contributed by atoms with Crippen LogP contribution in [-0.4, -0.2) is 18.0 Å². The number of anilines is 1. The molecule has 0 bridgehead atoms. The van der Waals surface area contributed by atoms with Crippen molar-refractivity contribution in [2.45, 2.75) is 13.1 Å². The fourth-order valence-electron chi connectivity index (χ4n) is 3.94. The predicted octanol–water partition coefficient (Wildman–Crippen LogP) is 6.94. The third-order valence-electron chi connectivity index (χ3n) is 5.75. The van der Waals surface area contributed by atoms with Crippen LogP contribution in [0.2, 0.25) is 0 Å². The fraction of sp³-hybridized carbons (Fsp3) is 0.103. The van der Waals surface area contributed by atoms with Gasteiger partial charge in [0.05, 0.1) is 11.8 Å². The number of ether oxygens (including phenoxy) is 1. The van der Waals surface area contributed by atoms with E-state index in [2.05, 4.69) is 39.9 Å². The first-order valence-electron chi connectivity index (χ1n) is 11.4. The number of fused-ring (bicyclic) bond motifs is 1. The van der Waals surface area contributed by atoms with E-state index in [4.69, 9.17) is 4.74 Å². The number of nitrogens with one attached hydrogen (secondary N) is 2. The van der Waals surface area contributed by atoms with E-state index in [9.17, 15) is 4.79 Å². The summed E-state index contributed by atoms with van der Waals surface area (Å²) < 4.78 is 6.50. The van der Waals surface area contributed by atoms with Crippen molar-refractivity contribution in [2.24, 2.45) is 0 Å². The van der Waals surface area contributed by atoms with Crippen LogP contribution in [0.15, 0.2) is 97.1 Å². The monoisotopic (exact) mass is 515 g/mol. The maximum absolute atomic E-state index is 12.9. The number of halogens is 1. The van der Waals surface area contributed by atoms with Gasteiger partial charge >= 0.3 is 0 Å². The number of hydrogen-bond acceptors (Lipinski definition) is 5. The zero-order valence-corrected chi connectivity index (χ0v) is 21.4. The van der Waals surface area contributed by atoms with Gasteiger partial charge in [-0.3, -0.25) is 10.1 Å². The maximum Gasteiger partial charge on any atom is 0.257 e. The van der Waals surface area contributed by atoms with E-state index < -0.39 is 0 Å². The quantitative estimate of drug-likeness (QED) is 0.235. The lowest BCUT2D eigenvalue weighted by atomic mass is 10.1. The molecular formula is C29H26ClN3O2S. The summed E-state index contributed by atoms with van der Waals surface area (Å²) in [6, 6.07) is 32.0. The van der Waals surface area contributed by atoms with Gasteiger partial charge in [-0.1, -0.05) is 84.1 Å². The highest BCUT2D eigenvalue weighted by atomic mass is 35.5. The zero-order valence-electron chi connectivity index (χ0n) is 19.7. The minimum atomic E-state index is -0.187. The molecule has 5 aromatic rings. The Kier molecular flexibility index (Phi) is 8.33. The van der Waals surface area contributed by atoms with Crippen LogP contribution in [0.4, 0.5) is 5.13 Å². The number of rotatable bonds is 8. The Morgan fingerprint density at radius 3 is 2.14 bits per heavy atom. The molecule has 0 atom stereocenters. The molecule has 4 aromatic carbocycles. The highest BCUT2D eigenvalue weighted by Gasteiger charge is 2.16. The molecule has 36 heavy (non-hydrogen) atoms. The average Bonchev–Trinajstić information content (AvgIpc) is 3.33. The van der Waals surface area contributed by atoms with Crippen LogP contribution in [-0.2, 0) is 13.1 Å². The van der Waals surface area contributed by atoms with Crippen molar-refractivity contribution in [1.82, 2.24) is 10.3 Å². The molecule has 0 spiro atoms. The molecule has 7 heteroatoms. The molecule has 0 aliphatic carbocycles. The Bertz CT molecular complexity index is 1440. The van der Waals surface area contributed by atoms with E-state index in [0.29, 0.717) is 16.4 Å². The summed E-state index contributed by atoms with van der Waals surface area (Å²) in [6.45, 7) is 1.53. The number of carbonyl (C=O) groups excluding carboxylic acids is 1.